The topological polar surface area (TPSA) is 55.6 Å². The standard InChI is InChI=1S/C21H28N2O3/c1-6-16-7-9-17(10-8-16)20-22-18(15(3)26-20)11-19(24)23-12-14(2)25-13-21(23,4)5/h7-10,14H,6,11-13H2,1-5H3. The first-order chi connectivity index (χ1) is 12.3. The van der Waals surface area contributed by atoms with Crippen LogP contribution in [0.1, 0.15) is 44.7 Å². The van der Waals surface area contributed by atoms with Crippen LogP contribution in [0.15, 0.2) is 28.7 Å². The number of aromatic nitrogens is 1. The summed E-state index contributed by atoms with van der Waals surface area (Å²) < 4.78 is 11.5. The summed E-state index contributed by atoms with van der Waals surface area (Å²) in [6, 6.07) is 8.19. The van der Waals surface area contributed by atoms with E-state index in [1.54, 1.807) is 0 Å². The molecule has 5 heteroatoms. The third-order valence-corrected chi connectivity index (χ3v) is 5.01. The Hall–Kier alpha value is -2.14. The van der Waals surface area contributed by atoms with Gasteiger partial charge in [-0.3, -0.25) is 4.79 Å². The van der Waals surface area contributed by atoms with Gasteiger partial charge in [-0.25, -0.2) is 4.98 Å². The number of hydrogen-bond acceptors (Lipinski definition) is 4. The van der Waals surface area contributed by atoms with Crippen LogP contribution in [-0.2, 0) is 22.4 Å². The average molecular weight is 356 g/mol. The predicted molar refractivity (Wildman–Crippen MR) is 101 cm³/mol. The summed E-state index contributed by atoms with van der Waals surface area (Å²) in [6.07, 6.45) is 1.30. The van der Waals surface area contributed by atoms with Gasteiger partial charge >= 0.3 is 0 Å². The monoisotopic (exact) mass is 356 g/mol. The molecule has 1 saturated heterocycles. The quantitative estimate of drug-likeness (QED) is 0.836. The summed E-state index contributed by atoms with van der Waals surface area (Å²) in [5.74, 6) is 1.34. The van der Waals surface area contributed by atoms with E-state index in [0.717, 1.165) is 12.0 Å². The third-order valence-electron chi connectivity index (χ3n) is 5.01. The molecule has 3 rings (SSSR count). The fourth-order valence-corrected chi connectivity index (χ4v) is 3.26. The number of amides is 1. The highest BCUT2D eigenvalue weighted by Gasteiger charge is 2.37. The van der Waals surface area contributed by atoms with Crippen LogP contribution < -0.4 is 0 Å². The SMILES string of the molecule is CCc1ccc(-c2nc(CC(=O)N3CC(C)OCC3(C)C)c(C)o2)cc1. The highest BCUT2D eigenvalue weighted by molar-refractivity contribution is 5.79. The number of rotatable bonds is 4. The van der Waals surface area contributed by atoms with Gasteiger partial charge in [-0.2, -0.15) is 0 Å². The van der Waals surface area contributed by atoms with Crippen LogP contribution in [0, 0.1) is 6.92 Å². The van der Waals surface area contributed by atoms with Crippen molar-refractivity contribution in [3.8, 4) is 11.5 Å². The number of ether oxygens (including phenoxy) is 1. The molecule has 0 aliphatic carbocycles. The van der Waals surface area contributed by atoms with Gasteiger partial charge in [0.05, 0.1) is 30.4 Å². The lowest BCUT2D eigenvalue weighted by Crippen LogP contribution is -2.58. The summed E-state index contributed by atoms with van der Waals surface area (Å²) in [6.45, 7) is 11.2. The minimum absolute atomic E-state index is 0.0537. The fourth-order valence-electron chi connectivity index (χ4n) is 3.26. The Labute approximate surface area is 155 Å². The number of nitrogens with zero attached hydrogens (tertiary/aromatic N) is 2. The molecule has 140 valence electrons. The van der Waals surface area contributed by atoms with Crippen molar-refractivity contribution in [3.05, 3.63) is 41.3 Å². The van der Waals surface area contributed by atoms with Crippen LogP contribution in [0.4, 0.5) is 0 Å². The number of morpholine rings is 1. The van der Waals surface area contributed by atoms with Gasteiger partial charge in [-0.15, -0.1) is 0 Å². The minimum Gasteiger partial charge on any atom is -0.441 e. The molecule has 5 nitrogen and oxygen atoms in total. The molecule has 1 atom stereocenters. The second kappa shape index (κ2) is 7.23. The van der Waals surface area contributed by atoms with Crippen molar-refractivity contribution < 1.29 is 13.9 Å². The summed E-state index contributed by atoms with van der Waals surface area (Å²) in [5.41, 5.74) is 2.61. The van der Waals surface area contributed by atoms with E-state index in [2.05, 4.69) is 24.0 Å². The van der Waals surface area contributed by atoms with Crippen molar-refractivity contribution in [2.75, 3.05) is 13.2 Å². The van der Waals surface area contributed by atoms with Crippen molar-refractivity contribution in [1.82, 2.24) is 9.88 Å². The molecule has 1 aromatic carbocycles. The number of carbonyl (C=O) groups is 1. The van der Waals surface area contributed by atoms with Crippen molar-refractivity contribution in [2.45, 2.75) is 59.1 Å². The number of benzene rings is 1. The molecule has 26 heavy (non-hydrogen) atoms. The van der Waals surface area contributed by atoms with E-state index in [9.17, 15) is 4.79 Å². The molecule has 1 fully saturated rings. The lowest BCUT2D eigenvalue weighted by Gasteiger charge is -2.44. The highest BCUT2D eigenvalue weighted by Crippen LogP contribution is 2.26. The molecule has 1 unspecified atom stereocenters. The maximum absolute atomic E-state index is 12.9. The molecule has 0 N–H and O–H groups in total. The summed E-state index contributed by atoms with van der Waals surface area (Å²) >= 11 is 0. The van der Waals surface area contributed by atoms with E-state index < -0.39 is 0 Å². The zero-order valence-corrected chi connectivity index (χ0v) is 16.3. The van der Waals surface area contributed by atoms with Crippen molar-refractivity contribution in [2.24, 2.45) is 0 Å². The smallest absolute Gasteiger partial charge is 0.229 e. The first-order valence-electron chi connectivity index (χ1n) is 9.28. The maximum Gasteiger partial charge on any atom is 0.229 e. The molecule has 0 bridgehead atoms. The van der Waals surface area contributed by atoms with E-state index >= 15 is 0 Å². The van der Waals surface area contributed by atoms with E-state index in [0.29, 0.717) is 30.5 Å². The lowest BCUT2D eigenvalue weighted by atomic mass is 10.00. The Morgan fingerprint density at radius 1 is 1.31 bits per heavy atom. The maximum atomic E-state index is 12.9. The zero-order valence-electron chi connectivity index (χ0n) is 16.3. The Balaban J connectivity index is 1.77. The molecule has 0 radical (unpaired) electrons. The van der Waals surface area contributed by atoms with Crippen molar-refractivity contribution >= 4 is 5.91 Å². The van der Waals surface area contributed by atoms with E-state index in [4.69, 9.17) is 9.15 Å². The molecule has 1 aliphatic rings. The summed E-state index contributed by atoms with van der Waals surface area (Å²) in [4.78, 5) is 19.4. The number of oxazole rings is 1. The summed E-state index contributed by atoms with van der Waals surface area (Å²) in [7, 11) is 0. The van der Waals surface area contributed by atoms with Gasteiger partial charge < -0.3 is 14.1 Å². The van der Waals surface area contributed by atoms with Crippen LogP contribution >= 0.6 is 0 Å². The Bertz CT molecular complexity index is 777. The fraction of sp³-hybridized carbons (Fsp3) is 0.524. The largest absolute Gasteiger partial charge is 0.441 e. The van der Waals surface area contributed by atoms with E-state index in [1.165, 1.54) is 5.56 Å². The average Bonchev–Trinajstić information content (AvgIpc) is 2.97. The third kappa shape index (κ3) is 3.83. The summed E-state index contributed by atoms with van der Waals surface area (Å²) in [5, 5.41) is 0. The second-order valence-corrected chi connectivity index (χ2v) is 7.69. The van der Waals surface area contributed by atoms with Crippen LogP contribution in [-0.4, -0.2) is 40.6 Å². The molecular formula is C21H28N2O3. The number of aryl methyl sites for hydroxylation is 2. The lowest BCUT2D eigenvalue weighted by molar-refractivity contribution is -0.152. The van der Waals surface area contributed by atoms with Crippen LogP contribution in [0.25, 0.3) is 11.5 Å². The van der Waals surface area contributed by atoms with Gasteiger partial charge in [-0.05, 0) is 51.8 Å². The highest BCUT2D eigenvalue weighted by atomic mass is 16.5. The Morgan fingerprint density at radius 2 is 2.00 bits per heavy atom. The molecule has 2 heterocycles. The first-order valence-corrected chi connectivity index (χ1v) is 9.28. The van der Waals surface area contributed by atoms with Gasteiger partial charge in [0.1, 0.15) is 5.76 Å². The van der Waals surface area contributed by atoms with Crippen molar-refractivity contribution in [1.29, 1.82) is 0 Å². The molecule has 0 saturated carbocycles. The molecule has 0 spiro atoms. The van der Waals surface area contributed by atoms with Crippen LogP contribution in [0.2, 0.25) is 0 Å². The van der Waals surface area contributed by atoms with E-state index in [-0.39, 0.29) is 24.0 Å². The van der Waals surface area contributed by atoms with Gasteiger partial charge in [0.2, 0.25) is 11.8 Å². The van der Waals surface area contributed by atoms with Crippen LogP contribution in [0.5, 0.6) is 0 Å². The van der Waals surface area contributed by atoms with Gasteiger partial charge in [0.15, 0.2) is 0 Å². The zero-order chi connectivity index (χ0) is 18.9. The second-order valence-electron chi connectivity index (χ2n) is 7.69. The van der Waals surface area contributed by atoms with Gasteiger partial charge in [0.25, 0.3) is 0 Å². The van der Waals surface area contributed by atoms with Gasteiger partial charge in [0, 0.05) is 12.1 Å². The first kappa shape index (κ1) is 18.6. The normalized spacial score (nSPS) is 19.6. The Morgan fingerprint density at radius 3 is 2.65 bits per heavy atom. The molecule has 2 aromatic rings. The molecule has 1 aromatic heterocycles. The predicted octanol–water partition coefficient (Wildman–Crippen LogP) is 3.78. The molecule has 1 aliphatic heterocycles. The van der Waals surface area contributed by atoms with E-state index in [1.807, 2.05) is 44.7 Å². The molecule has 1 amide bonds. The van der Waals surface area contributed by atoms with Gasteiger partial charge in [-0.1, -0.05) is 19.1 Å². The minimum atomic E-state index is -0.306. The number of hydrogen-bond donors (Lipinski definition) is 0. The Kier molecular flexibility index (Phi) is 5.19. The van der Waals surface area contributed by atoms with Crippen molar-refractivity contribution in [3.63, 3.8) is 0 Å². The molecular weight excluding hydrogens is 328 g/mol. The van der Waals surface area contributed by atoms with Crippen LogP contribution in [0.3, 0.4) is 0 Å². The number of carbonyl (C=O) groups excluding carboxylic acids is 1.